The predicted molar refractivity (Wildman–Crippen MR) is 113 cm³/mol. The van der Waals surface area contributed by atoms with Crippen molar-refractivity contribution in [1.29, 1.82) is 0 Å². The monoisotopic (exact) mass is 464 g/mol. The number of fused-ring (bicyclic) bond motifs is 6. The molecule has 11 heteroatoms. The third kappa shape index (κ3) is 3.91. The second-order valence-electron chi connectivity index (χ2n) is 6.31. The minimum Gasteiger partial charge on any atom is -0.438 e. The SMILES string of the molecule is CCc1c(Cl)nc2nc1Oc1ccc(Cl)c(c1)C(=O)Nc1cccc(c1)S(=O)(=O)N2. The Morgan fingerprint density at radius 2 is 1.90 bits per heavy atom. The van der Waals surface area contributed by atoms with Gasteiger partial charge in [-0.2, -0.15) is 9.97 Å². The third-order valence-corrected chi connectivity index (χ3v) is 6.27. The lowest BCUT2D eigenvalue weighted by atomic mass is 10.2. The first-order valence-electron chi connectivity index (χ1n) is 8.75. The number of nitrogens with one attached hydrogen (secondary N) is 2. The second-order valence-corrected chi connectivity index (χ2v) is 8.75. The molecule has 0 saturated heterocycles. The van der Waals surface area contributed by atoms with E-state index in [1.165, 1.54) is 30.3 Å². The van der Waals surface area contributed by atoms with E-state index in [2.05, 4.69) is 20.0 Å². The number of aromatic nitrogens is 2. The summed E-state index contributed by atoms with van der Waals surface area (Å²) in [7, 11) is -4.06. The van der Waals surface area contributed by atoms with Gasteiger partial charge in [0, 0.05) is 5.69 Å². The van der Waals surface area contributed by atoms with E-state index >= 15 is 0 Å². The summed E-state index contributed by atoms with van der Waals surface area (Å²) in [6.07, 6.45) is 0.435. The van der Waals surface area contributed by atoms with Gasteiger partial charge >= 0.3 is 0 Å². The van der Waals surface area contributed by atoms with Crippen LogP contribution < -0.4 is 14.8 Å². The summed E-state index contributed by atoms with van der Waals surface area (Å²) < 4.78 is 33.7. The van der Waals surface area contributed by atoms with Crippen LogP contribution in [0.25, 0.3) is 0 Å². The average Bonchev–Trinajstić information content (AvgIpc) is 2.68. The van der Waals surface area contributed by atoms with Crippen LogP contribution in [0.4, 0.5) is 11.6 Å². The maximum Gasteiger partial charge on any atom is 0.264 e. The summed E-state index contributed by atoms with van der Waals surface area (Å²) in [4.78, 5) is 20.8. The number of ether oxygens (including phenoxy) is 1. The first kappa shape index (κ1) is 20.4. The Balaban J connectivity index is 1.96. The van der Waals surface area contributed by atoms with E-state index in [1.807, 2.05) is 6.92 Å². The summed E-state index contributed by atoms with van der Waals surface area (Å²) in [5.74, 6) is -0.432. The Bertz CT molecular complexity index is 1280. The average molecular weight is 465 g/mol. The molecule has 0 unspecified atom stereocenters. The summed E-state index contributed by atoms with van der Waals surface area (Å²) in [6.45, 7) is 1.83. The highest BCUT2D eigenvalue weighted by molar-refractivity contribution is 7.92. The van der Waals surface area contributed by atoms with Gasteiger partial charge in [-0.25, -0.2) is 13.1 Å². The van der Waals surface area contributed by atoms with E-state index < -0.39 is 15.9 Å². The number of hydrogen-bond acceptors (Lipinski definition) is 6. The van der Waals surface area contributed by atoms with E-state index in [-0.39, 0.29) is 43.9 Å². The molecule has 1 amide bonds. The number of carbonyl (C=O) groups is 1. The zero-order chi connectivity index (χ0) is 21.5. The van der Waals surface area contributed by atoms with Gasteiger partial charge in [0.25, 0.3) is 15.9 Å². The molecule has 1 aliphatic heterocycles. The molecule has 0 fully saturated rings. The lowest BCUT2D eigenvalue weighted by Crippen LogP contribution is -2.17. The van der Waals surface area contributed by atoms with Gasteiger partial charge in [0.15, 0.2) is 0 Å². The van der Waals surface area contributed by atoms with Crippen molar-refractivity contribution < 1.29 is 17.9 Å². The van der Waals surface area contributed by atoms with Crippen molar-refractivity contribution in [2.45, 2.75) is 18.2 Å². The van der Waals surface area contributed by atoms with Crippen LogP contribution in [0.1, 0.15) is 22.8 Å². The normalized spacial score (nSPS) is 14.7. The van der Waals surface area contributed by atoms with Crippen molar-refractivity contribution in [2.75, 3.05) is 10.0 Å². The van der Waals surface area contributed by atoms with Gasteiger partial charge in [0.05, 0.1) is 21.0 Å². The zero-order valence-corrected chi connectivity index (χ0v) is 17.8. The van der Waals surface area contributed by atoms with Crippen LogP contribution in [-0.2, 0) is 16.4 Å². The fraction of sp³-hybridized carbons (Fsp3) is 0.105. The molecule has 0 atom stereocenters. The van der Waals surface area contributed by atoms with Gasteiger partial charge in [0.2, 0.25) is 11.8 Å². The molecule has 2 N–H and O–H groups in total. The molecule has 0 aliphatic carbocycles. The molecular weight excluding hydrogens is 451 g/mol. The minimum absolute atomic E-state index is 0.0491. The Morgan fingerprint density at radius 1 is 1.10 bits per heavy atom. The van der Waals surface area contributed by atoms with Crippen LogP contribution in [-0.4, -0.2) is 24.3 Å². The van der Waals surface area contributed by atoms with Crippen LogP contribution in [0.3, 0.4) is 0 Å². The first-order valence-corrected chi connectivity index (χ1v) is 11.0. The number of amides is 1. The quantitative estimate of drug-likeness (QED) is 0.512. The number of nitrogens with zero attached hydrogens (tertiary/aromatic N) is 2. The van der Waals surface area contributed by atoms with Gasteiger partial charge in [-0.05, 0) is 42.8 Å². The Kier molecular flexibility index (Phi) is 5.27. The van der Waals surface area contributed by atoms with Crippen LogP contribution in [0, 0.1) is 0 Å². The van der Waals surface area contributed by atoms with Gasteiger partial charge in [-0.1, -0.05) is 36.2 Å². The molecule has 1 aromatic heterocycles. The van der Waals surface area contributed by atoms with Crippen LogP contribution in [0.5, 0.6) is 11.6 Å². The standard InChI is InChI=1S/C19H14Cl2N4O4S/c1-2-13-16(21)23-19-24-18(13)29-11-6-7-15(20)14(9-11)17(26)22-10-4-3-5-12(8-10)30(27,28)25-19/h3-9H,2H2,1H3,(H,22,26)(H,23,24,25). The fourth-order valence-corrected chi connectivity index (χ4v) is 4.32. The number of carbonyl (C=O) groups excluding carboxylic acids is 1. The molecule has 154 valence electrons. The summed E-state index contributed by atoms with van der Waals surface area (Å²) in [5, 5.41) is 2.89. The number of benzene rings is 2. The van der Waals surface area contributed by atoms with Crippen LogP contribution in [0.15, 0.2) is 47.4 Å². The van der Waals surface area contributed by atoms with E-state index in [0.29, 0.717) is 12.0 Å². The Morgan fingerprint density at radius 3 is 2.67 bits per heavy atom. The maximum absolute atomic E-state index is 12.8. The molecule has 0 spiro atoms. The second kappa shape index (κ2) is 7.75. The molecule has 3 aromatic rings. The highest BCUT2D eigenvalue weighted by Gasteiger charge is 2.22. The topological polar surface area (TPSA) is 110 Å². The van der Waals surface area contributed by atoms with Gasteiger partial charge < -0.3 is 10.1 Å². The summed E-state index contributed by atoms with van der Waals surface area (Å²) in [6, 6.07) is 10.3. The summed E-state index contributed by atoms with van der Waals surface area (Å²) >= 11 is 12.4. The highest BCUT2D eigenvalue weighted by Crippen LogP contribution is 2.32. The fourth-order valence-electron chi connectivity index (χ4n) is 2.84. The van der Waals surface area contributed by atoms with Crippen molar-refractivity contribution >= 4 is 50.8 Å². The van der Waals surface area contributed by atoms with Crippen LogP contribution >= 0.6 is 23.2 Å². The molecule has 0 saturated carbocycles. The number of rotatable bonds is 1. The molecule has 30 heavy (non-hydrogen) atoms. The van der Waals surface area contributed by atoms with Crippen molar-refractivity contribution in [2.24, 2.45) is 0 Å². The largest absolute Gasteiger partial charge is 0.438 e. The number of hydrogen-bond donors (Lipinski definition) is 2. The third-order valence-electron chi connectivity index (χ3n) is 4.30. The lowest BCUT2D eigenvalue weighted by Gasteiger charge is -2.15. The molecule has 0 radical (unpaired) electrons. The number of sulfonamides is 1. The predicted octanol–water partition coefficient (Wildman–Crippen LogP) is 4.50. The smallest absolute Gasteiger partial charge is 0.264 e. The van der Waals surface area contributed by atoms with Crippen molar-refractivity contribution in [3.05, 3.63) is 63.8 Å². The molecular formula is C19H14Cl2N4O4S. The molecule has 8 nitrogen and oxygen atoms in total. The van der Waals surface area contributed by atoms with Gasteiger partial charge in [-0.3, -0.25) is 4.79 Å². The molecule has 2 aromatic carbocycles. The lowest BCUT2D eigenvalue weighted by molar-refractivity contribution is 0.102. The molecule has 4 rings (SSSR count). The Labute approximate surface area is 182 Å². The van der Waals surface area contributed by atoms with Gasteiger partial charge in [0.1, 0.15) is 10.9 Å². The Hall–Kier alpha value is -2.88. The molecule has 1 aliphatic rings. The highest BCUT2D eigenvalue weighted by atomic mass is 35.5. The zero-order valence-electron chi connectivity index (χ0n) is 15.4. The van der Waals surface area contributed by atoms with E-state index in [9.17, 15) is 13.2 Å². The van der Waals surface area contributed by atoms with E-state index in [4.69, 9.17) is 27.9 Å². The maximum atomic E-state index is 12.8. The van der Waals surface area contributed by atoms with Crippen molar-refractivity contribution in [1.82, 2.24) is 9.97 Å². The number of anilines is 2. The minimum atomic E-state index is -4.06. The van der Waals surface area contributed by atoms with E-state index in [0.717, 1.165) is 0 Å². The van der Waals surface area contributed by atoms with Crippen molar-refractivity contribution in [3.8, 4) is 11.6 Å². The van der Waals surface area contributed by atoms with E-state index in [1.54, 1.807) is 12.1 Å². The summed E-state index contributed by atoms with van der Waals surface area (Å²) in [5.41, 5.74) is 0.897. The molecule has 6 bridgehead atoms. The van der Waals surface area contributed by atoms with Crippen LogP contribution in [0.2, 0.25) is 10.2 Å². The number of halogens is 2. The first-order chi connectivity index (χ1) is 14.3. The molecule has 2 heterocycles. The van der Waals surface area contributed by atoms with Gasteiger partial charge in [-0.15, -0.1) is 0 Å². The van der Waals surface area contributed by atoms with Crippen molar-refractivity contribution in [3.63, 3.8) is 0 Å².